The van der Waals surface area contributed by atoms with E-state index in [1.165, 1.54) is 5.56 Å². The smallest absolute Gasteiger partial charge is 0.328 e. The van der Waals surface area contributed by atoms with Gasteiger partial charge in [-0.1, -0.05) is 31.2 Å². The van der Waals surface area contributed by atoms with Gasteiger partial charge in [-0.2, -0.15) is 9.97 Å². The van der Waals surface area contributed by atoms with Crippen molar-refractivity contribution in [1.82, 2.24) is 29.3 Å². The number of methoxy groups -OCH3 is 1. The lowest BCUT2D eigenvalue weighted by molar-refractivity contribution is 0.132. The molecule has 1 saturated heterocycles. The Morgan fingerprint density at radius 2 is 1.78 bits per heavy atom. The Kier molecular flexibility index (Phi) is 7.03. The van der Waals surface area contributed by atoms with Crippen LogP contribution >= 0.6 is 0 Å². The highest BCUT2D eigenvalue weighted by Gasteiger charge is 2.17. The summed E-state index contributed by atoms with van der Waals surface area (Å²) in [5.74, 6) is 0.179. The van der Waals surface area contributed by atoms with E-state index in [1.54, 1.807) is 11.7 Å². The second-order valence-corrected chi connectivity index (χ2v) is 7.98. The molecule has 0 amide bonds. The summed E-state index contributed by atoms with van der Waals surface area (Å²) in [7, 11) is 1.59. The molecule has 172 valence electrons. The molecule has 10 heteroatoms. The molecule has 1 fully saturated rings. The minimum absolute atomic E-state index is 0.125. The number of rotatable bonds is 9. The molecule has 0 bridgehead atoms. The average molecular weight is 442 g/mol. The molecule has 0 aliphatic carbocycles. The maximum absolute atomic E-state index is 12.6. The molecule has 3 heterocycles. The number of H-pyrrole nitrogens is 1. The molecule has 0 saturated carbocycles. The van der Waals surface area contributed by atoms with Crippen molar-refractivity contribution >= 4 is 17.0 Å². The number of hydrogen-bond acceptors (Lipinski definition) is 8. The Labute approximate surface area is 187 Å². The first-order valence-electron chi connectivity index (χ1n) is 11.0. The van der Waals surface area contributed by atoms with Crippen molar-refractivity contribution in [1.29, 1.82) is 0 Å². The van der Waals surface area contributed by atoms with Crippen molar-refractivity contribution in [3.8, 4) is 6.01 Å². The number of aromatic amines is 1. The number of ether oxygens (including phenoxy) is 2. The maximum Gasteiger partial charge on any atom is 0.328 e. The Hall–Kier alpha value is -2.95. The van der Waals surface area contributed by atoms with E-state index in [-0.39, 0.29) is 17.5 Å². The highest BCUT2D eigenvalue weighted by molar-refractivity contribution is 5.81. The fourth-order valence-electron chi connectivity index (χ4n) is 3.99. The van der Waals surface area contributed by atoms with Gasteiger partial charge >= 0.3 is 11.7 Å². The van der Waals surface area contributed by atoms with Crippen molar-refractivity contribution in [2.75, 3.05) is 58.8 Å². The number of benzene rings is 1. The number of imidazole rings is 1. The number of nitrogen functional groups attached to an aromatic ring is 1. The molecule has 0 atom stereocenters. The summed E-state index contributed by atoms with van der Waals surface area (Å²) in [6, 6.07) is 8.47. The lowest BCUT2D eigenvalue weighted by atomic mass is 10.1. The van der Waals surface area contributed by atoms with Crippen LogP contribution in [0.15, 0.2) is 29.1 Å². The standard InChI is InChI=1S/C22H31N7O3/c1-3-27-7-9-28(10-8-27)14-16-5-4-6-17(13-16)15-29-20-18(24-22(29)30)19(23)25-21(26-20)32-12-11-31-2/h4-6,13H,3,7-12,14-15H2,1-2H3,(H,24,30)(H2,23,25,26). The molecule has 10 nitrogen and oxygen atoms in total. The van der Waals surface area contributed by atoms with Crippen LogP contribution in [-0.2, 0) is 17.8 Å². The zero-order valence-electron chi connectivity index (χ0n) is 18.7. The van der Waals surface area contributed by atoms with Gasteiger partial charge in [0.2, 0.25) is 0 Å². The summed E-state index contributed by atoms with van der Waals surface area (Å²) in [6.45, 7) is 9.66. The van der Waals surface area contributed by atoms with E-state index in [4.69, 9.17) is 15.2 Å². The third kappa shape index (κ3) is 5.09. The van der Waals surface area contributed by atoms with Gasteiger partial charge in [-0.3, -0.25) is 9.47 Å². The highest BCUT2D eigenvalue weighted by Crippen LogP contribution is 2.19. The lowest BCUT2D eigenvalue weighted by Crippen LogP contribution is -2.45. The van der Waals surface area contributed by atoms with Gasteiger partial charge in [-0.05, 0) is 17.7 Å². The van der Waals surface area contributed by atoms with Gasteiger partial charge in [0.25, 0.3) is 0 Å². The third-order valence-corrected chi connectivity index (χ3v) is 5.80. The molecule has 0 spiro atoms. The zero-order valence-corrected chi connectivity index (χ0v) is 18.7. The molecule has 32 heavy (non-hydrogen) atoms. The summed E-state index contributed by atoms with van der Waals surface area (Å²) in [5.41, 5.74) is 8.85. The molecule has 0 unspecified atom stereocenters. The molecule has 2 aromatic heterocycles. The molecule has 1 aliphatic rings. The van der Waals surface area contributed by atoms with Crippen molar-refractivity contribution in [2.24, 2.45) is 0 Å². The van der Waals surface area contributed by atoms with Crippen LogP contribution in [0.2, 0.25) is 0 Å². The number of aromatic nitrogens is 4. The Bertz CT molecular complexity index is 1100. The number of anilines is 1. The van der Waals surface area contributed by atoms with Gasteiger partial charge in [0, 0.05) is 39.8 Å². The number of hydrogen-bond donors (Lipinski definition) is 2. The van der Waals surface area contributed by atoms with Crippen molar-refractivity contribution < 1.29 is 9.47 Å². The van der Waals surface area contributed by atoms with E-state index in [2.05, 4.69) is 43.8 Å². The second-order valence-electron chi connectivity index (χ2n) is 7.98. The van der Waals surface area contributed by atoms with Gasteiger partial charge in [-0.25, -0.2) is 4.79 Å². The predicted molar refractivity (Wildman–Crippen MR) is 123 cm³/mol. The zero-order chi connectivity index (χ0) is 22.5. The molecule has 4 rings (SSSR count). The Morgan fingerprint density at radius 3 is 2.50 bits per heavy atom. The molecule has 3 aromatic rings. The lowest BCUT2D eigenvalue weighted by Gasteiger charge is -2.34. The largest absolute Gasteiger partial charge is 0.461 e. The van der Waals surface area contributed by atoms with E-state index in [9.17, 15) is 4.79 Å². The van der Waals surface area contributed by atoms with Gasteiger partial charge in [0.1, 0.15) is 12.1 Å². The first-order chi connectivity index (χ1) is 15.6. The molecular formula is C22H31N7O3. The number of nitrogens with zero attached hydrogens (tertiary/aromatic N) is 5. The van der Waals surface area contributed by atoms with Crippen LogP contribution in [-0.4, -0.2) is 82.4 Å². The molecule has 1 aromatic carbocycles. The minimum Gasteiger partial charge on any atom is -0.461 e. The van der Waals surface area contributed by atoms with E-state index < -0.39 is 0 Å². The number of piperazine rings is 1. The third-order valence-electron chi connectivity index (χ3n) is 5.80. The molecular weight excluding hydrogens is 410 g/mol. The number of likely N-dealkylation sites (N-methyl/N-ethyl adjacent to an activating group) is 1. The van der Waals surface area contributed by atoms with Gasteiger partial charge in [0.05, 0.1) is 13.2 Å². The highest BCUT2D eigenvalue weighted by atomic mass is 16.5. The fraction of sp³-hybridized carbons (Fsp3) is 0.500. The van der Waals surface area contributed by atoms with Crippen LogP contribution in [0, 0.1) is 0 Å². The Morgan fingerprint density at radius 1 is 1.06 bits per heavy atom. The predicted octanol–water partition coefficient (Wildman–Crippen LogP) is 0.913. The summed E-state index contributed by atoms with van der Waals surface area (Å²) < 4.78 is 12.1. The summed E-state index contributed by atoms with van der Waals surface area (Å²) in [5, 5.41) is 0. The van der Waals surface area contributed by atoms with Crippen LogP contribution in [0.4, 0.5) is 5.82 Å². The summed E-state index contributed by atoms with van der Waals surface area (Å²) in [6.07, 6.45) is 0. The van der Waals surface area contributed by atoms with E-state index >= 15 is 0 Å². The fourth-order valence-corrected chi connectivity index (χ4v) is 3.99. The van der Waals surface area contributed by atoms with E-state index in [0.29, 0.717) is 30.9 Å². The van der Waals surface area contributed by atoms with Crippen molar-refractivity contribution in [3.63, 3.8) is 0 Å². The van der Waals surface area contributed by atoms with Crippen LogP contribution in [0.1, 0.15) is 18.1 Å². The van der Waals surface area contributed by atoms with Crippen LogP contribution in [0.3, 0.4) is 0 Å². The number of nitrogens with two attached hydrogens (primary N) is 1. The van der Waals surface area contributed by atoms with Gasteiger partial charge in [-0.15, -0.1) is 0 Å². The first-order valence-corrected chi connectivity index (χ1v) is 11.0. The molecule has 0 radical (unpaired) electrons. The molecule has 1 aliphatic heterocycles. The summed E-state index contributed by atoms with van der Waals surface area (Å²) >= 11 is 0. The number of fused-ring (bicyclic) bond motifs is 1. The second kappa shape index (κ2) is 10.1. The monoisotopic (exact) mass is 441 g/mol. The molecule has 3 N–H and O–H groups in total. The maximum atomic E-state index is 12.6. The average Bonchev–Trinajstić information content (AvgIpc) is 3.11. The van der Waals surface area contributed by atoms with Crippen LogP contribution < -0.4 is 16.2 Å². The van der Waals surface area contributed by atoms with Gasteiger partial charge in [0.15, 0.2) is 11.5 Å². The quantitative estimate of drug-likeness (QED) is 0.471. The summed E-state index contributed by atoms with van der Waals surface area (Å²) in [4.78, 5) is 28.9. The van der Waals surface area contributed by atoms with Gasteiger partial charge < -0.3 is 25.1 Å². The first kappa shape index (κ1) is 22.3. The number of nitrogens with one attached hydrogen (secondary N) is 1. The topological polar surface area (TPSA) is 115 Å². The van der Waals surface area contributed by atoms with E-state index in [0.717, 1.165) is 44.8 Å². The van der Waals surface area contributed by atoms with Crippen LogP contribution in [0.25, 0.3) is 11.2 Å². The van der Waals surface area contributed by atoms with Crippen molar-refractivity contribution in [2.45, 2.75) is 20.0 Å². The Balaban J connectivity index is 1.52. The van der Waals surface area contributed by atoms with E-state index in [1.807, 2.05) is 12.1 Å². The minimum atomic E-state index is -0.281. The van der Waals surface area contributed by atoms with Crippen LogP contribution in [0.5, 0.6) is 6.01 Å². The van der Waals surface area contributed by atoms with Crippen molar-refractivity contribution in [3.05, 3.63) is 45.9 Å². The SMILES string of the molecule is CCN1CCN(Cc2cccc(Cn3c(=O)[nH]c4c(N)nc(OCCOC)nc43)c2)CC1. The normalized spacial score (nSPS) is 15.4.